The van der Waals surface area contributed by atoms with Crippen molar-refractivity contribution in [2.75, 3.05) is 36.4 Å². The summed E-state index contributed by atoms with van der Waals surface area (Å²) < 4.78 is 0. The second kappa shape index (κ2) is 10.7. The average Bonchev–Trinajstić information content (AvgIpc) is 2.98. The Kier molecular flexibility index (Phi) is 6.65. The van der Waals surface area contributed by atoms with Crippen molar-refractivity contribution < 1.29 is 4.79 Å². The lowest BCUT2D eigenvalue weighted by atomic mass is 10.0. The largest absolute Gasteiger partial charge is 0.353 e. The number of anilines is 2. The number of rotatable bonds is 6. The summed E-state index contributed by atoms with van der Waals surface area (Å²) >= 11 is 0. The maximum atomic E-state index is 12.4. The Morgan fingerprint density at radius 1 is 0.816 bits per heavy atom. The number of nitrogens with zero attached hydrogens (tertiary/aromatic N) is 7. The van der Waals surface area contributed by atoms with Gasteiger partial charge in [0, 0.05) is 50.8 Å². The summed E-state index contributed by atoms with van der Waals surface area (Å²) in [7, 11) is 0. The quantitative estimate of drug-likeness (QED) is 0.371. The molecule has 1 N–H and O–H groups in total. The summed E-state index contributed by atoms with van der Waals surface area (Å²) in [6.07, 6.45) is 8.55. The van der Waals surface area contributed by atoms with Gasteiger partial charge in [0.05, 0.1) is 35.2 Å². The van der Waals surface area contributed by atoms with Crippen LogP contribution in [0.5, 0.6) is 0 Å². The van der Waals surface area contributed by atoms with E-state index < -0.39 is 0 Å². The van der Waals surface area contributed by atoms with Crippen molar-refractivity contribution in [3.05, 3.63) is 103 Å². The highest BCUT2D eigenvalue weighted by Gasteiger charge is 2.19. The summed E-state index contributed by atoms with van der Waals surface area (Å²) in [4.78, 5) is 31.0. The molecule has 0 saturated carbocycles. The van der Waals surface area contributed by atoms with Crippen LogP contribution in [0.1, 0.15) is 15.9 Å². The molecule has 1 aliphatic heterocycles. The second-order valence-corrected chi connectivity index (χ2v) is 9.22. The Bertz CT molecular complexity index is 1540. The Balaban J connectivity index is 1.13. The van der Waals surface area contributed by atoms with E-state index in [1.807, 2.05) is 61.1 Å². The van der Waals surface area contributed by atoms with Crippen LogP contribution in [0.3, 0.4) is 0 Å². The fraction of sp³-hybridized carbons (Fsp3) is 0.172. The van der Waals surface area contributed by atoms with Gasteiger partial charge in [0.15, 0.2) is 0 Å². The molecule has 1 saturated heterocycles. The molecule has 1 fully saturated rings. The molecule has 4 heterocycles. The highest BCUT2D eigenvalue weighted by atomic mass is 16.1. The first-order valence-corrected chi connectivity index (χ1v) is 12.5. The number of aromatic nitrogens is 5. The first kappa shape index (κ1) is 23.6. The number of amides is 1. The molecule has 0 bridgehead atoms. The molecule has 0 spiro atoms. The van der Waals surface area contributed by atoms with Gasteiger partial charge in [-0.05, 0) is 53.1 Å². The molecule has 188 valence electrons. The Labute approximate surface area is 220 Å². The molecule has 0 aliphatic carbocycles. The van der Waals surface area contributed by atoms with Crippen LogP contribution in [0.15, 0.2) is 91.6 Å². The lowest BCUT2D eigenvalue weighted by Crippen LogP contribution is -2.46. The van der Waals surface area contributed by atoms with Gasteiger partial charge in [-0.1, -0.05) is 24.3 Å². The highest BCUT2D eigenvalue weighted by Crippen LogP contribution is 2.26. The molecule has 0 atom stereocenters. The minimum atomic E-state index is -0.223. The van der Waals surface area contributed by atoms with E-state index in [4.69, 9.17) is 4.98 Å². The molecule has 5 aromatic rings. The van der Waals surface area contributed by atoms with Crippen LogP contribution in [0, 0.1) is 0 Å². The van der Waals surface area contributed by atoms with E-state index in [-0.39, 0.29) is 5.91 Å². The van der Waals surface area contributed by atoms with Crippen molar-refractivity contribution in [3.8, 4) is 11.1 Å². The van der Waals surface area contributed by atoms with Crippen LogP contribution < -0.4 is 10.2 Å². The van der Waals surface area contributed by atoms with Crippen molar-refractivity contribution >= 4 is 28.4 Å². The first-order chi connectivity index (χ1) is 18.7. The predicted octanol–water partition coefficient (Wildman–Crippen LogP) is 4.06. The zero-order valence-corrected chi connectivity index (χ0v) is 20.7. The molecule has 1 amide bonds. The number of benzene rings is 2. The van der Waals surface area contributed by atoms with Gasteiger partial charge in [0.2, 0.25) is 0 Å². The molecule has 1 aliphatic rings. The van der Waals surface area contributed by atoms with Gasteiger partial charge in [0.25, 0.3) is 5.91 Å². The van der Waals surface area contributed by atoms with Crippen molar-refractivity contribution in [2.45, 2.75) is 6.54 Å². The monoisotopic (exact) mass is 502 g/mol. The van der Waals surface area contributed by atoms with Gasteiger partial charge in [-0.3, -0.25) is 19.7 Å². The van der Waals surface area contributed by atoms with Crippen LogP contribution in [-0.4, -0.2) is 62.1 Å². The number of fused-ring (bicyclic) bond motifs is 1. The number of carbonyl (C=O) groups is 1. The topological polar surface area (TPSA) is 100 Å². The number of hydrogen-bond acceptors (Lipinski definition) is 8. The van der Waals surface area contributed by atoms with Crippen molar-refractivity contribution in [1.29, 1.82) is 0 Å². The van der Waals surface area contributed by atoms with E-state index in [1.165, 1.54) is 18.0 Å². The third kappa shape index (κ3) is 5.33. The Morgan fingerprint density at radius 3 is 2.42 bits per heavy atom. The molecule has 3 aromatic heterocycles. The third-order valence-corrected chi connectivity index (χ3v) is 6.68. The Morgan fingerprint density at radius 2 is 1.66 bits per heavy atom. The predicted molar refractivity (Wildman–Crippen MR) is 147 cm³/mol. The maximum absolute atomic E-state index is 12.4. The summed E-state index contributed by atoms with van der Waals surface area (Å²) in [6, 6.07) is 19.6. The smallest absolute Gasteiger partial charge is 0.257 e. The van der Waals surface area contributed by atoms with E-state index in [0.717, 1.165) is 60.7 Å². The van der Waals surface area contributed by atoms with E-state index in [0.29, 0.717) is 11.3 Å². The number of pyridine rings is 1. The van der Waals surface area contributed by atoms with Gasteiger partial charge < -0.3 is 10.2 Å². The van der Waals surface area contributed by atoms with Crippen molar-refractivity contribution in [2.24, 2.45) is 0 Å². The lowest BCUT2D eigenvalue weighted by Gasteiger charge is -2.35. The minimum absolute atomic E-state index is 0.223. The van der Waals surface area contributed by atoms with E-state index in [1.54, 1.807) is 6.07 Å². The van der Waals surface area contributed by atoms with Crippen LogP contribution in [0.2, 0.25) is 0 Å². The first-order valence-electron chi connectivity index (χ1n) is 12.5. The number of carbonyl (C=O) groups excluding carboxylic acids is 1. The summed E-state index contributed by atoms with van der Waals surface area (Å²) in [5.74, 6) is 0.679. The molecule has 9 heteroatoms. The molecule has 9 nitrogen and oxygen atoms in total. The molecule has 2 aromatic carbocycles. The standard InChI is InChI=1S/C29H26N8O/c38-29(24-9-11-32-33-18-24)34-25-6-3-22(4-7-25)23-5-8-26-27(16-23)35-28(19-31-26)37-14-12-36(13-15-37)20-21-2-1-10-30-17-21/h1-11,16-19H,12-15,20H2,(H,34,38). The minimum Gasteiger partial charge on any atom is -0.353 e. The molecular formula is C29H26N8O. The van der Waals surface area contributed by atoms with Crippen LogP contribution in [0.4, 0.5) is 11.5 Å². The fourth-order valence-corrected chi connectivity index (χ4v) is 4.59. The normalized spacial score (nSPS) is 13.9. The van der Waals surface area contributed by atoms with Gasteiger partial charge in [-0.2, -0.15) is 10.2 Å². The number of nitrogens with one attached hydrogen (secondary N) is 1. The maximum Gasteiger partial charge on any atom is 0.257 e. The molecule has 38 heavy (non-hydrogen) atoms. The van der Waals surface area contributed by atoms with Crippen LogP contribution in [0.25, 0.3) is 22.2 Å². The molecular weight excluding hydrogens is 476 g/mol. The lowest BCUT2D eigenvalue weighted by molar-refractivity contribution is 0.102. The van der Waals surface area contributed by atoms with Crippen LogP contribution >= 0.6 is 0 Å². The zero-order chi connectivity index (χ0) is 25.7. The Hall–Kier alpha value is -4.76. The second-order valence-electron chi connectivity index (χ2n) is 9.22. The molecule has 6 rings (SSSR count). The summed E-state index contributed by atoms with van der Waals surface area (Å²) in [6.45, 7) is 4.66. The van der Waals surface area contributed by atoms with E-state index in [2.05, 4.69) is 47.4 Å². The fourth-order valence-electron chi connectivity index (χ4n) is 4.59. The number of piperazine rings is 1. The average molecular weight is 503 g/mol. The summed E-state index contributed by atoms with van der Waals surface area (Å²) in [5, 5.41) is 10.3. The molecule has 0 unspecified atom stereocenters. The molecule has 0 radical (unpaired) electrons. The third-order valence-electron chi connectivity index (χ3n) is 6.68. The van der Waals surface area contributed by atoms with Gasteiger partial charge >= 0.3 is 0 Å². The SMILES string of the molecule is O=C(Nc1ccc(-c2ccc3ncc(N4CCN(Cc5cccnc5)CC4)nc3c2)cc1)c1ccnnc1. The van der Waals surface area contributed by atoms with Gasteiger partial charge in [-0.15, -0.1) is 0 Å². The van der Waals surface area contributed by atoms with E-state index >= 15 is 0 Å². The van der Waals surface area contributed by atoms with E-state index in [9.17, 15) is 4.79 Å². The van der Waals surface area contributed by atoms with Crippen molar-refractivity contribution in [1.82, 2.24) is 30.0 Å². The van der Waals surface area contributed by atoms with Gasteiger partial charge in [0.1, 0.15) is 5.82 Å². The van der Waals surface area contributed by atoms with Crippen LogP contribution in [-0.2, 0) is 6.54 Å². The van der Waals surface area contributed by atoms with Gasteiger partial charge in [-0.25, -0.2) is 4.98 Å². The summed E-state index contributed by atoms with van der Waals surface area (Å²) in [5.41, 5.74) is 6.21. The number of hydrogen-bond donors (Lipinski definition) is 1. The zero-order valence-electron chi connectivity index (χ0n) is 20.7. The van der Waals surface area contributed by atoms with Crippen molar-refractivity contribution in [3.63, 3.8) is 0 Å². The highest BCUT2D eigenvalue weighted by molar-refractivity contribution is 6.04.